The molecule has 2 rings (SSSR count). The Hall–Kier alpha value is -1.23. The predicted octanol–water partition coefficient (Wildman–Crippen LogP) is 3.15. The number of nitrogens with zero attached hydrogens (tertiary/aromatic N) is 4. The zero-order valence-corrected chi connectivity index (χ0v) is 13.0. The molecule has 0 radical (unpaired) electrons. The first-order valence-electron chi connectivity index (χ1n) is 5.73. The first-order chi connectivity index (χ1) is 9.08. The molecule has 1 atom stereocenters. The van der Waals surface area contributed by atoms with E-state index in [1.165, 1.54) is 0 Å². The third kappa shape index (κ3) is 3.86. The Balaban J connectivity index is 2.00. The molecule has 0 spiro atoms. The molecular formula is C12H13BrN4OS. The Labute approximate surface area is 124 Å². The van der Waals surface area contributed by atoms with Gasteiger partial charge in [0.25, 0.3) is 0 Å². The summed E-state index contributed by atoms with van der Waals surface area (Å²) in [6, 6.07) is 4.16. The molecule has 0 aromatic carbocycles. The molecule has 0 aliphatic carbocycles. The van der Waals surface area contributed by atoms with Crippen LogP contribution in [-0.2, 0) is 6.54 Å². The van der Waals surface area contributed by atoms with Crippen LogP contribution in [0.1, 0.15) is 12.8 Å². The summed E-state index contributed by atoms with van der Waals surface area (Å²) in [5, 5.41) is 14.7. The summed E-state index contributed by atoms with van der Waals surface area (Å²) in [6.45, 7) is 3.11. The zero-order valence-electron chi connectivity index (χ0n) is 10.6. The van der Waals surface area contributed by atoms with E-state index in [4.69, 9.17) is 9.78 Å². The Kier molecular flexibility index (Phi) is 4.69. The van der Waals surface area contributed by atoms with Gasteiger partial charge in [0.1, 0.15) is 0 Å². The van der Waals surface area contributed by atoms with Gasteiger partial charge in [0.05, 0.1) is 23.4 Å². The Morgan fingerprint density at radius 2 is 2.42 bits per heavy atom. The summed E-state index contributed by atoms with van der Waals surface area (Å²) in [6.07, 6.45) is 0. The zero-order chi connectivity index (χ0) is 13.8. The van der Waals surface area contributed by atoms with Crippen LogP contribution in [0.2, 0.25) is 0 Å². The van der Waals surface area contributed by atoms with Crippen LogP contribution in [0.3, 0.4) is 0 Å². The van der Waals surface area contributed by atoms with Gasteiger partial charge in [-0.3, -0.25) is 4.90 Å². The first-order valence-corrected chi connectivity index (χ1v) is 7.41. The van der Waals surface area contributed by atoms with Crippen LogP contribution in [0, 0.1) is 17.2 Å². The van der Waals surface area contributed by atoms with Gasteiger partial charge in [-0.05, 0) is 36.0 Å². The van der Waals surface area contributed by atoms with Crippen LogP contribution >= 0.6 is 27.3 Å². The molecule has 0 saturated heterocycles. The lowest BCUT2D eigenvalue weighted by atomic mass is 10.2. The van der Waals surface area contributed by atoms with Crippen molar-refractivity contribution in [3.8, 4) is 16.8 Å². The molecule has 2 heterocycles. The first kappa shape index (κ1) is 14.2. The molecule has 0 N–H and O–H groups in total. The van der Waals surface area contributed by atoms with Crippen LogP contribution < -0.4 is 0 Å². The number of thiophene rings is 1. The lowest BCUT2D eigenvalue weighted by Crippen LogP contribution is -2.23. The molecule has 0 saturated carbocycles. The van der Waals surface area contributed by atoms with E-state index in [0.717, 1.165) is 9.35 Å². The van der Waals surface area contributed by atoms with E-state index in [-0.39, 0.29) is 5.92 Å². The summed E-state index contributed by atoms with van der Waals surface area (Å²) in [5.41, 5.74) is 0. The fourth-order valence-corrected chi connectivity index (χ4v) is 3.01. The number of aromatic nitrogens is 2. The van der Waals surface area contributed by atoms with Crippen molar-refractivity contribution >= 4 is 27.3 Å². The minimum absolute atomic E-state index is 0.0133. The van der Waals surface area contributed by atoms with Crippen molar-refractivity contribution in [2.75, 3.05) is 13.6 Å². The predicted molar refractivity (Wildman–Crippen MR) is 76.4 cm³/mol. The highest BCUT2D eigenvalue weighted by Crippen LogP contribution is 2.27. The van der Waals surface area contributed by atoms with E-state index >= 15 is 0 Å². The third-order valence-corrected chi connectivity index (χ3v) is 4.15. The molecule has 2 aromatic rings. The number of rotatable bonds is 5. The molecule has 0 bridgehead atoms. The minimum Gasteiger partial charge on any atom is -0.338 e. The molecule has 0 aliphatic rings. The Bertz CT molecular complexity index is 589. The number of halogens is 1. The van der Waals surface area contributed by atoms with Gasteiger partial charge >= 0.3 is 0 Å². The van der Waals surface area contributed by atoms with Crippen molar-refractivity contribution in [1.29, 1.82) is 5.26 Å². The van der Waals surface area contributed by atoms with Gasteiger partial charge in [-0.25, -0.2) is 0 Å². The lowest BCUT2D eigenvalue weighted by Gasteiger charge is -2.14. The second-order valence-electron chi connectivity index (χ2n) is 4.37. The molecule has 5 nitrogen and oxygen atoms in total. The second kappa shape index (κ2) is 6.28. The van der Waals surface area contributed by atoms with E-state index in [1.807, 2.05) is 30.3 Å². The fraction of sp³-hybridized carbons (Fsp3) is 0.417. The van der Waals surface area contributed by atoms with Crippen molar-refractivity contribution in [3.05, 3.63) is 21.8 Å². The fourth-order valence-electron chi connectivity index (χ4n) is 1.65. The maximum atomic E-state index is 8.77. The Morgan fingerprint density at radius 3 is 3.05 bits per heavy atom. The van der Waals surface area contributed by atoms with E-state index in [1.54, 1.807) is 11.3 Å². The monoisotopic (exact) mass is 340 g/mol. The SMILES string of the molecule is C[C@H](C#N)CN(C)Cc1nc(-c2cc(Br)cs2)no1. The van der Waals surface area contributed by atoms with Crippen molar-refractivity contribution in [1.82, 2.24) is 15.0 Å². The van der Waals surface area contributed by atoms with E-state index in [9.17, 15) is 0 Å². The molecule has 2 aromatic heterocycles. The molecule has 0 amide bonds. The largest absolute Gasteiger partial charge is 0.338 e. The average Bonchev–Trinajstić information content (AvgIpc) is 2.97. The van der Waals surface area contributed by atoms with Crippen molar-refractivity contribution < 1.29 is 4.52 Å². The number of nitriles is 1. The molecule has 19 heavy (non-hydrogen) atoms. The summed E-state index contributed by atoms with van der Waals surface area (Å²) in [5.74, 6) is 1.15. The van der Waals surface area contributed by atoms with Gasteiger partial charge in [-0.2, -0.15) is 10.2 Å². The van der Waals surface area contributed by atoms with E-state index in [2.05, 4.69) is 32.1 Å². The minimum atomic E-state index is -0.0133. The highest BCUT2D eigenvalue weighted by atomic mass is 79.9. The molecule has 0 fully saturated rings. The number of hydrogen-bond acceptors (Lipinski definition) is 6. The van der Waals surface area contributed by atoms with Crippen LogP contribution in [0.15, 0.2) is 20.4 Å². The summed E-state index contributed by atoms with van der Waals surface area (Å²) >= 11 is 4.96. The molecular weight excluding hydrogens is 328 g/mol. The highest BCUT2D eigenvalue weighted by Gasteiger charge is 2.13. The molecule has 100 valence electrons. The standard InChI is InChI=1S/C12H13BrN4OS/c1-8(4-14)5-17(2)6-11-15-12(16-18-11)10-3-9(13)7-19-10/h3,7-8H,5-6H2,1-2H3/t8-/m1/s1. The molecule has 7 heteroatoms. The maximum absolute atomic E-state index is 8.77. The van der Waals surface area contributed by atoms with Crippen LogP contribution in [0.4, 0.5) is 0 Å². The van der Waals surface area contributed by atoms with Crippen LogP contribution in [0.5, 0.6) is 0 Å². The smallest absolute Gasteiger partial charge is 0.241 e. The van der Waals surface area contributed by atoms with Gasteiger partial charge in [-0.1, -0.05) is 5.16 Å². The van der Waals surface area contributed by atoms with Crippen molar-refractivity contribution in [2.45, 2.75) is 13.5 Å². The second-order valence-corrected chi connectivity index (χ2v) is 6.19. The summed E-state index contributed by atoms with van der Waals surface area (Å²) in [4.78, 5) is 7.32. The van der Waals surface area contributed by atoms with Gasteiger partial charge < -0.3 is 4.52 Å². The van der Waals surface area contributed by atoms with Crippen LogP contribution in [-0.4, -0.2) is 28.6 Å². The lowest BCUT2D eigenvalue weighted by molar-refractivity contribution is 0.253. The van der Waals surface area contributed by atoms with Gasteiger partial charge in [0, 0.05) is 16.4 Å². The van der Waals surface area contributed by atoms with Gasteiger partial charge in [0.2, 0.25) is 11.7 Å². The van der Waals surface area contributed by atoms with Gasteiger partial charge in [-0.15, -0.1) is 11.3 Å². The molecule has 0 aliphatic heterocycles. The van der Waals surface area contributed by atoms with Crippen molar-refractivity contribution in [3.63, 3.8) is 0 Å². The summed E-state index contributed by atoms with van der Waals surface area (Å²) < 4.78 is 6.23. The Morgan fingerprint density at radius 1 is 1.63 bits per heavy atom. The highest BCUT2D eigenvalue weighted by molar-refractivity contribution is 9.10. The average molecular weight is 341 g/mol. The molecule has 0 unspecified atom stereocenters. The van der Waals surface area contributed by atoms with E-state index < -0.39 is 0 Å². The van der Waals surface area contributed by atoms with Crippen LogP contribution in [0.25, 0.3) is 10.7 Å². The third-order valence-electron chi connectivity index (χ3n) is 2.47. The summed E-state index contributed by atoms with van der Waals surface area (Å²) in [7, 11) is 1.93. The topological polar surface area (TPSA) is 66.0 Å². The maximum Gasteiger partial charge on any atom is 0.241 e. The van der Waals surface area contributed by atoms with Gasteiger partial charge in [0.15, 0.2) is 0 Å². The van der Waals surface area contributed by atoms with E-state index in [0.29, 0.717) is 24.8 Å². The van der Waals surface area contributed by atoms with Crippen molar-refractivity contribution in [2.24, 2.45) is 5.92 Å². The quantitative estimate of drug-likeness (QED) is 0.836. The number of hydrogen-bond donors (Lipinski definition) is 0. The normalized spacial score (nSPS) is 12.6.